The summed E-state index contributed by atoms with van der Waals surface area (Å²) >= 11 is 0. The molecular weight excluding hydrogens is 294 g/mol. The molecule has 7 nitrogen and oxygen atoms in total. The number of nitro groups is 1. The van der Waals surface area contributed by atoms with Crippen LogP contribution in [0, 0.1) is 17.0 Å². The molecule has 0 saturated carbocycles. The number of para-hydroxylation sites is 2. The van der Waals surface area contributed by atoms with E-state index in [2.05, 4.69) is 15.2 Å². The SMILES string of the molecule is Cc1nc2c(-c3ccccc3[N+](=O)[O-])cccc2n2cnnc12. The van der Waals surface area contributed by atoms with Gasteiger partial charge < -0.3 is 0 Å². The highest BCUT2D eigenvalue weighted by atomic mass is 16.6. The molecule has 0 saturated heterocycles. The van der Waals surface area contributed by atoms with Gasteiger partial charge >= 0.3 is 0 Å². The Labute approximate surface area is 130 Å². The van der Waals surface area contributed by atoms with E-state index in [4.69, 9.17) is 0 Å². The summed E-state index contributed by atoms with van der Waals surface area (Å²) < 4.78 is 1.84. The first kappa shape index (κ1) is 13.3. The number of aromatic nitrogens is 4. The molecule has 2 aromatic heterocycles. The van der Waals surface area contributed by atoms with Crippen LogP contribution >= 0.6 is 0 Å². The molecule has 0 bridgehead atoms. The van der Waals surface area contributed by atoms with Gasteiger partial charge in [0.15, 0.2) is 5.65 Å². The van der Waals surface area contributed by atoms with E-state index in [0.717, 1.165) is 11.2 Å². The van der Waals surface area contributed by atoms with Crippen LogP contribution in [-0.2, 0) is 0 Å². The summed E-state index contributed by atoms with van der Waals surface area (Å²) in [5.41, 5.74) is 4.22. The normalized spacial score (nSPS) is 11.2. The fourth-order valence-corrected chi connectivity index (χ4v) is 2.80. The lowest BCUT2D eigenvalue weighted by Gasteiger charge is -2.09. The van der Waals surface area contributed by atoms with Crippen LogP contribution in [0.1, 0.15) is 5.69 Å². The van der Waals surface area contributed by atoms with Crippen molar-refractivity contribution < 1.29 is 4.92 Å². The van der Waals surface area contributed by atoms with Gasteiger partial charge in [0.2, 0.25) is 0 Å². The van der Waals surface area contributed by atoms with Crippen molar-refractivity contribution >= 4 is 22.4 Å². The summed E-state index contributed by atoms with van der Waals surface area (Å²) in [6, 6.07) is 12.3. The molecule has 0 aliphatic heterocycles. The fraction of sp³-hybridized carbons (Fsp3) is 0.0625. The topological polar surface area (TPSA) is 86.2 Å². The third-order valence-electron chi connectivity index (χ3n) is 3.82. The predicted octanol–water partition coefficient (Wildman–Crippen LogP) is 3.16. The molecule has 0 amide bonds. The number of fused-ring (bicyclic) bond motifs is 3. The molecule has 2 aromatic carbocycles. The second-order valence-electron chi connectivity index (χ2n) is 5.17. The van der Waals surface area contributed by atoms with Crippen molar-refractivity contribution in [2.45, 2.75) is 6.92 Å². The van der Waals surface area contributed by atoms with Crippen LogP contribution in [0.25, 0.3) is 27.8 Å². The minimum atomic E-state index is -0.377. The van der Waals surface area contributed by atoms with Crippen LogP contribution in [0.3, 0.4) is 0 Å². The molecule has 0 N–H and O–H groups in total. The number of rotatable bonds is 2. The first-order valence-electron chi connectivity index (χ1n) is 6.99. The number of nitrogens with zero attached hydrogens (tertiary/aromatic N) is 5. The second kappa shape index (κ2) is 4.84. The molecule has 0 spiro atoms. The van der Waals surface area contributed by atoms with E-state index in [-0.39, 0.29) is 10.6 Å². The lowest BCUT2D eigenvalue weighted by molar-refractivity contribution is -0.384. The molecule has 0 aliphatic rings. The van der Waals surface area contributed by atoms with Gasteiger partial charge in [-0.15, -0.1) is 10.2 Å². The van der Waals surface area contributed by atoms with Crippen LogP contribution in [-0.4, -0.2) is 24.5 Å². The van der Waals surface area contributed by atoms with Crippen molar-refractivity contribution in [3.05, 3.63) is 64.6 Å². The summed E-state index contributed by atoms with van der Waals surface area (Å²) in [7, 11) is 0. The molecule has 0 fully saturated rings. The van der Waals surface area contributed by atoms with E-state index in [1.54, 1.807) is 24.5 Å². The number of hydrogen-bond acceptors (Lipinski definition) is 5. The monoisotopic (exact) mass is 305 g/mol. The fourth-order valence-electron chi connectivity index (χ4n) is 2.80. The Balaban J connectivity index is 2.13. The van der Waals surface area contributed by atoms with Crippen LogP contribution in [0.5, 0.6) is 0 Å². The van der Waals surface area contributed by atoms with Crippen molar-refractivity contribution in [3.63, 3.8) is 0 Å². The summed E-state index contributed by atoms with van der Waals surface area (Å²) in [6.07, 6.45) is 1.62. The molecule has 0 aliphatic carbocycles. The Morgan fingerprint density at radius 1 is 1.09 bits per heavy atom. The van der Waals surface area contributed by atoms with E-state index in [1.165, 1.54) is 6.07 Å². The quantitative estimate of drug-likeness (QED) is 0.419. The molecule has 23 heavy (non-hydrogen) atoms. The summed E-state index contributed by atoms with van der Waals surface area (Å²) in [4.78, 5) is 15.6. The third-order valence-corrected chi connectivity index (χ3v) is 3.82. The van der Waals surface area contributed by atoms with Crippen LogP contribution in [0.4, 0.5) is 5.69 Å². The molecule has 7 heteroatoms. The number of benzene rings is 2. The van der Waals surface area contributed by atoms with Crippen molar-refractivity contribution in [2.75, 3.05) is 0 Å². The van der Waals surface area contributed by atoms with Gasteiger partial charge in [-0.2, -0.15) is 0 Å². The Morgan fingerprint density at radius 3 is 2.70 bits per heavy atom. The van der Waals surface area contributed by atoms with Crippen LogP contribution in [0.15, 0.2) is 48.8 Å². The Bertz CT molecular complexity index is 1070. The molecule has 4 aromatic rings. The van der Waals surface area contributed by atoms with E-state index in [1.807, 2.05) is 29.5 Å². The maximum absolute atomic E-state index is 11.3. The van der Waals surface area contributed by atoms with Crippen molar-refractivity contribution in [3.8, 4) is 11.1 Å². The molecular formula is C16H11N5O2. The van der Waals surface area contributed by atoms with Crippen molar-refractivity contribution in [2.24, 2.45) is 0 Å². The Kier molecular flexibility index (Phi) is 2.80. The van der Waals surface area contributed by atoms with Crippen LogP contribution in [0.2, 0.25) is 0 Å². The Hall–Kier alpha value is -3.35. The van der Waals surface area contributed by atoms with E-state index in [0.29, 0.717) is 22.3 Å². The second-order valence-corrected chi connectivity index (χ2v) is 5.17. The highest BCUT2D eigenvalue weighted by molar-refractivity contribution is 5.95. The minimum Gasteiger partial charge on any atom is -0.278 e. The maximum Gasteiger partial charge on any atom is 0.277 e. The number of hydrogen-bond donors (Lipinski definition) is 0. The predicted molar refractivity (Wildman–Crippen MR) is 85.1 cm³/mol. The largest absolute Gasteiger partial charge is 0.278 e. The molecule has 0 unspecified atom stereocenters. The average molecular weight is 305 g/mol. The van der Waals surface area contributed by atoms with Gasteiger partial charge in [-0.05, 0) is 19.1 Å². The average Bonchev–Trinajstić information content (AvgIpc) is 3.05. The van der Waals surface area contributed by atoms with Gasteiger partial charge in [0.25, 0.3) is 5.69 Å². The third kappa shape index (κ3) is 1.94. The van der Waals surface area contributed by atoms with E-state index >= 15 is 0 Å². The van der Waals surface area contributed by atoms with Gasteiger partial charge in [0.05, 0.1) is 27.2 Å². The van der Waals surface area contributed by atoms with Gasteiger partial charge in [-0.1, -0.05) is 24.3 Å². The van der Waals surface area contributed by atoms with Gasteiger partial charge in [-0.25, -0.2) is 4.98 Å². The standard InChI is InChI=1S/C16H11N5O2/c1-10-16-19-17-9-20(16)14-8-4-6-12(15(14)18-10)11-5-2-3-7-13(11)21(22)23/h2-9H,1H3. The lowest BCUT2D eigenvalue weighted by Crippen LogP contribution is -1.98. The van der Waals surface area contributed by atoms with Gasteiger partial charge in [0, 0.05) is 11.6 Å². The maximum atomic E-state index is 11.3. The van der Waals surface area contributed by atoms with Crippen molar-refractivity contribution in [1.29, 1.82) is 0 Å². The first-order valence-corrected chi connectivity index (χ1v) is 6.99. The molecule has 2 heterocycles. The molecule has 4 rings (SSSR count). The zero-order valence-corrected chi connectivity index (χ0v) is 12.2. The zero-order valence-electron chi connectivity index (χ0n) is 12.2. The smallest absolute Gasteiger partial charge is 0.277 e. The zero-order chi connectivity index (χ0) is 16.0. The number of nitro benzene ring substituents is 1. The number of aryl methyl sites for hydroxylation is 1. The molecule has 0 radical (unpaired) electrons. The highest BCUT2D eigenvalue weighted by Gasteiger charge is 2.18. The van der Waals surface area contributed by atoms with Gasteiger partial charge in [0.1, 0.15) is 6.33 Å². The van der Waals surface area contributed by atoms with Crippen molar-refractivity contribution in [1.82, 2.24) is 19.6 Å². The van der Waals surface area contributed by atoms with Crippen LogP contribution < -0.4 is 0 Å². The minimum absolute atomic E-state index is 0.0586. The molecule has 112 valence electrons. The van der Waals surface area contributed by atoms with E-state index in [9.17, 15) is 10.1 Å². The van der Waals surface area contributed by atoms with Gasteiger partial charge in [-0.3, -0.25) is 14.5 Å². The molecule has 0 atom stereocenters. The summed E-state index contributed by atoms with van der Waals surface area (Å²) in [5.74, 6) is 0. The summed E-state index contributed by atoms with van der Waals surface area (Å²) in [6.45, 7) is 1.85. The summed E-state index contributed by atoms with van der Waals surface area (Å²) in [5, 5.41) is 19.3. The van der Waals surface area contributed by atoms with E-state index < -0.39 is 0 Å². The highest BCUT2D eigenvalue weighted by Crippen LogP contribution is 2.34. The Morgan fingerprint density at radius 2 is 1.87 bits per heavy atom. The lowest BCUT2D eigenvalue weighted by atomic mass is 10.0. The first-order chi connectivity index (χ1) is 11.2.